The minimum Gasteiger partial charge on any atom is -0.312 e. The van der Waals surface area contributed by atoms with Crippen LogP contribution in [-0.2, 0) is 4.84 Å². The summed E-state index contributed by atoms with van der Waals surface area (Å²) in [6.45, 7) is 0. The lowest BCUT2D eigenvalue weighted by atomic mass is 9.97. The highest BCUT2D eigenvalue weighted by molar-refractivity contribution is 6.14. The molecule has 0 saturated heterocycles. The highest BCUT2D eigenvalue weighted by atomic mass is 19.2. The molecule has 0 N–H and O–H groups in total. The number of hydrogen-bond acceptors (Lipinski definition) is 3. The van der Waals surface area contributed by atoms with E-state index in [1.54, 1.807) is 54.6 Å². The largest absolute Gasteiger partial charge is 0.371 e. The zero-order valence-corrected chi connectivity index (χ0v) is 18.2. The summed E-state index contributed by atoms with van der Waals surface area (Å²) in [5, 5.41) is 3.75. The summed E-state index contributed by atoms with van der Waals surface area (Å²) in [5.41, 5.74) is 0.360. The molecule has 0 spiro atoms. The maximum Gasteiger partial charge on any atom is 0.371 e. The number of carbonyl (C=O) groups excluding carboxylic acids is 1. The highest BCUT2D eigenvalue weighted by Crippen LogP contribution is 2.24. The van der Waals surface area contributed by atoms with Gasteiger partial charge in [-0.3, -0.25) is 0 Å². The van der Waals surface area contributed by atoms with Crippen LogP contribution in [0, 0.1) is 40.9 Å². The van der Waals surface area contributed by atoms with Gasteiger partial charge >= 0.3 is 5.97 Å². The van der Waals surface area contributed by atoms with Gasteiger partial charge in [-0.1, -0.05) is 83.7 Å². The third-order valence-electron chi connectivity index (χ3n) is 4.98. The van der Waals surface area contributed by atoms with E-state index in [0.29, 0.717) is 16.7 Å². The molecule has 178 valence electrons. The van der Waals surface area contributed by atoms with Gasteiger partial charge in [-0.15, -0.1) is 0 Å². The summed E-state index contributed by atoms with van der Waals surface area (Å²) in [4.78, 5) is 17.1. The van der Waals surface area contributed by atoms with Gasteiger partial charge in [0.15, 0.2) is 23.3 Å². The van der Waals surface area contributed by atoms with Crippen LogP contribution in [0.25, 0.3) is 0 Å². The molecule has 3 nitrogen and oxygen atoms in total. The Morgan fingerprint density at radius 1 is 0.639 bits per heavy atom. The monoisotopic (exact) mass is 491 g/mol. The van der Waals surface area contributed by atoms with Gasteiger partial charge in [0.25, 0.3) is 0 Å². The van der Waals surface area contributed by atoms with E-state index in [4.69, 9.17) is 4.84 Å². The molecule has 4 aromatic carbocycles. The van der Waals surface area contributed by atoms with Gasteiger partial charge in [0.05, 0.1) is 0 Å². The molecule has 0 heterocycles. The lowest BCUT2D eigenvalue weighted by Crippen LogP contribution is -2.15. The molecule has 0 fully saturated rings. The van der Waals surface area contributed by atoms with Crippen LogP contribution in [0.2, 0.25) is 0 Å². The molecule has 8 heteroatoms. The molecule has 0 unspecified atom stereocenters. The third kappa shape index (κ3) is 5.00. The zero-order chi connectivity index (χ0) is 25.7. The van der Waals surface area contributed by atoms with Crippen LogP contribution in [-0.4, -0.2) is 11.7 Å². The van der Waals surface area contributed by atoms with Crippen LogP contribution in [0.3, 0.4) is 0 Å². The van der Waals surface area contributed by atoms with E-state index in [1.165, 1.54) is 0 Å². The van der Waals surface area contributed by atoms with Crippen molar-refractivity contribution in [2.24, 2.45) is 5.16 Å². The highest BCUT2D eigenvalue weighted by Gasteiger charge is 2.31. The van der Waals surface area contributed by atoms with E-state index in [2.05, 4.69) is 17.0 Å². The number of halogens is 5. The second kappa shape index (κ2) is 10.7. The quantitative estimate of drug-likeness (QED) is 0.0631. The first-order valence-electron chi connectivity index (χ1n) is 10.4. The zero-order valence-electron chi connectivity index (χ0n) is 18.2. The number of benzene rings is 4. The first-order valence-corrected chi connectivity index (χ1v) is 10.4. The standard InChI is InChI=1S/C28H14F5NO2/c29-22-21(23(30)25(32)26(33)24(22)31)28(35)36-34-27(19-12-5-2-6-13-19)20-14-8-7-11-18(20)16-15-17-9-3-1-4-10-17/h1-14H/b34-27+. The molecule has 0 aliphatic heterocycles. The third-order valence-corrected chi connectivity index (χ3v) is 4.98. The van der Waals surface area contributed by atoms with Gasteiger partial charge < -0.3 is 4.84 Å². The fourth-order valence-electron chi connectivity index (χ4n) is 3.23. The Balaban J connectivity index is 1.78. The van der Waals surface area contributed by atoms with E-state index in [9.17, 15) is 26.7 Å². The molecule has 0 amide bonds. The van der Waals surface area contributed by atoms with Crippen molar-refractivity contribution >= 4 is 11.7 Å². The molecule has 0 aliphatic carbocycles. The number of carbonyl (C=O) groups is 1. The van der Waals surface area contributed by atoms with Crippen LogP contribution in [0.15, 0.2) is 90.1 Å². The van der Waals surface area contributed by atoms with Crippen molar-refractivity contribution in [2.75, 3.05) is 0 Å². The number of nitrogens with zero attached hydrogens (tertiary/aromatic N) is 1. The Kier molecular flexibility index (Phi) is 7.21. The van der Waals surface area contributed by atoms with Crippen molar-refractivity contribution in [3.05, 3.63) is 142 Å². The maximum absolute atomic E-state index is 14.1. The van der Waals surface area contributed by atoms with Crippen LogP contribution in [0.5, 0.6) is 0 Å². The Morgan fingerprint density at radius 2 is 1.17 bits per heavy atom. The SMILES string of the molecule is O=C(O/N=C(\c1ccccc1)c1ccccc1C#Cc1ccccc1)c1c(F)c(F)c(F)c(F)c1F. The summed E-state index contributed by atoms with van der Waals surface area (Å²) < 4.78 is 68.6. The van der Waals surface area contributed by atoms with E-state index < -0.39 is 40.6 Å². The van der Waals surface area contributed by atoms with Gasteiger partial charge in [-0.2, -0.15) is 0 Å². The molecule has 0 atom stereocenters. The summed E-state index contributed by atoms with van der Waals surface area (Å²) >= 11 is 0. The minimum atomic E-state index is -2.39. The first-order chi connectivity index (χ1) is 17.4. The van der Waals surface area contributed by atoms with Crippen molar-refractivity contribution in [3.8, 4) is 11.8 Å². The Labute approximate surface area is 202 Å². The van der Waals surface area contributed by atoms with E-state index in [-0.39, 0.29) is 5.71 Å². The smallest absolute Gasteiger partial charge is 0.312 e. The van der Waals surface area contributed by atoms with Gasteiger partial charge in [0, 0.05) is 22.3 Å². The van der Waals surface area contributed by atoms with Crippen LogP contribution >= 0.6 is 0 Å². The van der Waals surface area contributed by atoms with Crippen molar-refractivity contribution in [2.45, 2.75) is 0 Å². The molecule has 0 bridgehead atoms. The lowest BCUT2D eigenvalue weighted by molar-refractivity contribution is 0.0502. The average Bonchev–Trinajstić information content (AvgIpc) is 2.91. The van der Waals surface area contributed by atoms with Crippen LogP contribution < -0.4 is 0 Å². The van der Waals surface area contributed by atoms with E-state index in [0.717, 1.165) is 5.56 Å². The molecule has 4 rings (SSSR count). The lowest BCUT2D eigenvalue weighted by Gasteiger charge is -2.10. The second-order valence-electron chi connectivity index (χ2n) is 7.29. The Bertz CT molecular complexity index is 1500. The molecule has 0 saturated carbocycles. The predicted octanol–water partition coefficient (Wildman–Crippen LogP) is 6.39. The van der Waals surface area contributed by atoms with Crippen LogP contribution in [0.1, 0.15) is 32.6 Å². The van der Waals surface area contributed by atoms with Gasteiger partial charge in [0.2, 0.25) is 5.82 Å². The fourth-order valence-corrected chi connectivity index (χ4v) is 3.23. The molecule has 0 aromatic heterocycles. The van der Waals surface area contributed by atoms with Crippen molar-refractivity contribution in [1.29, 1.82) is 0 Å². The first kappa shape index (κ1) is 24.4. The molecular weight excluding hydrogens is 477 g/mol. The van der Waals surface area contributed by atoms with Gasteiger partial charge in [-0.25, -0.2) is 26.7 Å². The molecular formula is C28H14F5NO2. The normalized spacial score (nSPS) is 11.0. The summed E-state index contributed by atoms with van der Waals surface area (Å²) in [6.07, 6.45) is 0. The topological polar surface area (TPSA) is 38.7 Å². The molecule has 0 radical (unpaired) electrons. The van der Waals surface area contributed by atoms with Gasteiger partial charge in [-0.05, 0) is 18.2 Å². The average molecular weight is 491 g/mol. The summed E-state index contributed by atoms with van der Waals surface area (Å²) in [7, 11) is 0. The van der Waals surface area contributed by atoms with Crippen molar-refractivity contribution in [3.63, 3.8) is 0 Å². The van der Waals surface area contributed by atoms with E-state index in [1.807, 2.05) is 30.3 Å². The predicted molar refractivity (Wildman–Crippen MR) is 123 cm³/mol. The Hall–Kier alpha value is -4.77. The molecule has 4 aromatic rings. The van der Waals surface area contributed by atoms with Gasteiger partial charge in [0.1, 0.15) is 11.3 Å². The van der Waals surface area contributed by atoms with Crippen molar-refractivity contribution < 1.29 is 31.6 Å². The van der Waals surface area contributed by atoms with Crippen LogP contribution in [0.4, 0.5) is 22.0 Å². The number of rotatable bonds is 4. The minimum absolute atomic E-state index is 0.0470. The fraction of sp³-hybridized carbons (Fsp3) is 0. The summed E-state index contributed by atoms with van der Waals surface area (Å²) in [6, 6.07) is 24.2. The van der Waals surface area contributed by atoms with E-state index >= 15 is 0 Å². The Morgan fingerprint density at radius 3 is 1.81 bits per heavy atom. The number of hydrogen-bond donors (Lipinski definition) is 0. The maximum atomic E-state index is 14.1. The second-order valence-corrected chi connectivity index (χ2v) is 7.29. The molecule has 36 heavy (non-hydrogen) atoms. The molecule has 0 aliphatic rings. The number of oxime groups is 1. The summed E-state index contributed by atoms with van der Waals surface area (Å²) in [5.74, 6) is -7.41. The van der Waals surface area contributed by atoms with Crippen molar-refractivity contribution in [1.82, 2.24) is 0 Å².